The van der Waals surface area contributed by atoms with Gasteiger partial charge in [-0.1, -0.05) is 58.9 Å². The van der Waals surface area contributed by atoms with Crippen molar-refractivity contribution >= 4 is 17.1 Å². The summed E-state index contributed by atoms with van der Waals surface area (Å²) < 4.78 is 5.67. The molecule has 0 fully saturated rings. The molecule has 1 radical (unpaired) electrons. The van der Waals surface area contributed by atoms with Crippen LogP contribution in [0.5, 0.6) is 5.75 Å². The van der Waals surface area contributed by atoms with Crippen molar-refractivity contribution < 1.29 is 24.2 Å². The zero-order valence-electron chi connectivity index (χ0n) is 21.0. The molecule has 0 N–H and O–H groups in total. The van der Waals surface area contributed by atoms with Gasteiger partial charge >= 0.3 is 19.5 Å². The van der Waals surface area contributed by atoms with Gasteiger partial charge in [0.25, 0.3) is 0 Å². The van der Waals surface area contributed by atoms with Crippen LogP contribution in [-0.2, 0) is 24.9 Å². The summed E-state index contributed by atoms with van der Waals surface area (Å²) in [6, 6.07) is 10.4. The fraction of sp³-hybridized carbons (Fsp3) is 0.556. The molecule has 0 spiro atoms. The molecule has 0 amide bonds. The molecule has 1 atom stereocenters. The Hall–Kier alpha value is -1.54. The first-order chi connectivity index (χ1) is 13.8. The van der Waals surface area contributed by atoms with Crippen LogP contribution in [-0.4, -0.2) is 18.8 Å². The summed E-state index contributed by atoms with van der Waals surface area (Å²) in [5, 5.41) is 0. The molecule has 0 aromatic heterocycles. The molecule has 2 aliphatic rings. The van der Waals surface area contributed by atoms with E-state index < -0.39 is 0 Å². The zero-order valence-corrected chi connectivity index (χ0v) is 22.7. The first-order valence-corrected chi connectivity index (χ1v) is 11.1. The Kier molecular flexibility index (Phi) is 5.63. The van der Waals surface area contributed by atoms with Gasteiger partial charge in [-0.15, -0.1) is 12.1 Å². The smallest absolute Gasteiger partial charge is 0.522 e. The Labute approximate surface area is 201 Å². The SMILES string of the molecule is COc1[c-]c(C)cc(N2c3cc(C)cc4c3N([C@@H]2C)C(C)(C)C(C)(C)C4(C)C)c1C.[Ru+]. The minimum absolute atomic E-state index is 0. The molecule has 0 saturated heterocycles. The third kappa shape index (κ3) is 2.93. The summed E-state index contributed by atoms with van der Waals surface area (Å²) in [4.78, 5) is 5.18. The van der Waals surface area contributed by atoms with Crippen LogP contribution in [0.25, 0.3) is 0 Å². The van der Waals surface area contributed by atoms with E-state index in [1.165, 1.54) is 28.2 Å². The maximum Gasteiger partial charge on any atom is 1.00 e. The molecule has 169 valence electrons. The molecule has 2 aromatic rings. The van der Waals surface area contributed by atoms with Gasteiger partial charge in [-0.3, -0.25) is 0 Å². The molecule has 4 heteroatoms. The Balaban J connectivity index is 0.00000272. The third-order valence-electron chi connectivity index (χ3n) is 8.70. The van der Waals surface area contributed by atoms with E-state index in [9.17, 15) is 0 Å². The van der Waals surface area contributed by atoms with Gasteiger partial charge < -0.3 is 14.5 Å². The third-order valence-corrected chi connectivity index (χ3v) is 8.70. The summed E-state index contributed by atoms with van der Waals surface area (Å²) in [5.74, 6) is 0.833. The van der Waals surface area contributed by atoms with Crippen LogP contribution in [0.15, 0.2) is 18.2 Å². The number of ether oxygens (including phenoxy) is 1. The van der Waals surface area contributed by atoms with Crippen molar-refractivity contribution in [2.24, 2.45) is 5.41 Å². The van der Waals surface area contributed by atoms with Crippen LogP contribution >= 0.6 is 0 Å². The average molecular weight is 507 g/mol. The van der Waals surface area contributed by atoms with Gasteiger partial charge in [0.2, 0.25) is 0 Å². The van der Waals surface area contributed by atoms with E-state index in [1.807, 2.05) is 0 Å². The first kappa shape index (κ1) is 24.1. The van der Waals surface area contributed by atoms with E-state index >= 15 is 0 Å². The van der Waals surface area contributed by atoms with Gasteiger partial charge in [0.15, 0.2) is 0 Å². The molecule has 0 bridgehead atoms. The Morgan fingerprint density at radius 3 is 2.13 bits per heavy atom. The van der Waals surface area contributed by atoms with Crippen LogP contribution in [0.4, 0.5) is 17.1 Å². The molecule has 2 heterocycles. The number of hydrogen-bond donors (Lipinski definition) is 0. The predicted octanol–water partition coefficient (Wildman–Crippen LogP) is 6.82. The van der Waals surface area contributed by atoms with Crippen LogP contribution in [0, 0.1) is 32.3 Å². The standard InChI is InChI=1S/C27H37N2O.Ru/c1-16-12-20-24-22(14-16)28(21-13-17(2)15-23(30-11)18(21)3)19(4)29(24)27(9,10)26(7,8)25(20,5)6;/h12-14,19H,1-11H3;/q-1;+1/t19-;/m1./s1. The van der Waals surface area contributed by atoms with Gasteiger partial charge in [-0.05, 0) is 55.7 Å². The summed E-state index contributed by atoms with van der Waals surface area (Å²) >= 11 is 0. The normalized spacial score (nSPS) is 22.1. The second kappa shape index (κ2) is 7.24. The number of nitrogens with zero attached hydrogens (tertiary/aromatic N) is 2. The van der Waals surface area contributed by atoms with Crippen LogP contribution < -0.4 is 14.5 Å². The topological polar surface area (TPSA) is 15.7 Å². The van der Waals surface area contributed by atoms with E-state index in [2.05, 4.69) is 103 Å². The largest absolute Gasteiger partial charge is 1.00 e. The number of benzene rings is 2. The quantitative estimate of drug-likeness (QED) is 0.328. The van der Waals surface area contributed by atoms with Crippen molar-refractivity contribution in [2.75, 3.05) is 16.9 Å². The van der Waals surface area contributed by atoms with Crippen LogP contribution in [0.1, 0.15) is 70.7 Å². The van der Waals surface area contributed by atoms with Crippen molar-refractivity contribution in [1.29, 1.82) is 0 Å². The number of rotatable bonds is 2. The molecular weight excluding hydrogens is 469 g/mol. The van der Waals surface area contributed by atoms with Gasteiger partial charge in [0, 0.05) is 11.3 Å². The van der Waals surface area contributed by atoms with Crippen molar-refractivity contribution in [3.8, 4) is 5.75 Å². The van der Waals surface area contributed by atoms with Gasteiger partial charge in [-0.25, -0.2) is 0 Å². The van der Waals surface area contributed by atoms with E-state index in [0.29, 0.717) is 0 Å². The van der Waals surface area contributed by atoms with Crippen LogP contribution in [0.2, 0.25) is 0 Å². The molecule has 3 nitrogen and oxygen atoms in total. The molecule has 31 heavy (non-hydrogen) atoms. The number of aryl methyl sites for hydroxylation is 2. The molecule has 2 aliphatic heterocycles. The zero-order chi connectivity index (χ0) is 22.4. The molecule has 2 aromatic carbocycles. The second-order valence-corrected chi connectivity index (χ2v) is 10.9. The summed E-state index contributed by atoms with van der Waals surface area (Å²) in [7, 11) is 1.74. The Morgan fingerprint density at radius 1 is 0.935 bits per heavy atom. The maximum absolute atomic E-state index is 5.67. The fourth-order valence-corrected chi connectivity index (χ4v) is 5.85. The van der Waals surface area contributed by atoms with Crippen LogP contribution in [0.3, 0.4) is 0 Å². The van der Waals surface area contributed by atoms with E-state index in [0.717, 1.165) is 16.9 Å². The molecule has 0 unspecified atom stereocenters. The van der Waals surface area contributed by atoms with Crippen molar-refractivity contribution in [3.05, 3.63) is 46.5 Å². The first-order valence-electron chi connectivity index (χ1n) is 11.1. The van der Waals surface area contributed by atoms with Gasteiger partial charge in [-0.2, -0.15) is 5.56 Å². The van der Waals surface area contributed by atoms with Crippen molar-refractivity contribution in [1.82, 2.24) is 0 Å². The minimum Gasteiger partial charge on any atom is -0.522 e. The van der Waals surface area contributed by atoms with Crippen molar-refractivity contribution in [2.45, 2.75) is 86.4 Å². The van der Waals surface area contributed by atoms with E-state index in [-0.39, 0.29) is 42.0 Å². The number of methoxy groups -OCH3 is 1. The second-order valence-electron chi connectivity index (χ2n) is 10.9. The molecule has 0 saturated carbocycles. The predicted molar refractivity (Wildman–Crippen MR) is 127 cm³/mol. The number of hydrogen-bond acceptors (Lipinski definition) is 3. The average Bonchev–Trinajstić information content (AvgIpc) is 2.93. The maximum atomic E-state index is 5.67. The number of anilines is 3. The summed E-state index contributed by atoms with van der Waals surface area (Å²) in [6.45, 7) is 23.4. The summed E-state index contributed by atoms with van der Waals surface area (Å²) in [5.41, 5.74) is 9.04. The molecule has 0 aliphatic carbocycles. The van der Waals surface area contributed by atoms with E-state index in [4.69, 9.17) is 4.74 Å². The Morgan fingerprint density at radius 2 is 1.55 bits per heavy atom. The van der Waals surface area contributed by atoms with Gasteiger partial charge in [0.05, 0.1) is 18.5 Å². The summed E-state index contributed by atoms with van der Waals surface area (Å²) in [6.07, 6.45) is 0.205. The van der Waals surface area contributed by atoms with E-state index in [1.54, 1.807) is 7.11 Å². The van der Waals surface area contributed by atoms with Gasteiger partial charge in [0.1, 0.15) is 6.17 Å². The molecular formula is C27H37N2ORu. The Bertz CT molecular complexity index is 1040. The van der Waals surface area contributed by atoms with Crippen molar-refractivity contribution in [3.63, 3.8) is 0 Å². The fourth-order valence-electron chi connectivity index (χ4n) is 5.85. The molecule has 4 rings (SSSR count). The minimum atomic E-state index is -0.0182. The monoisotopic (exact) mass is 507 g/mol.